The molecule has 15 heavy (non-hydrogen) atoms. The van der Waals surface area contributed by atoms with E-state index in [1.807, 2.05) is 0 Å². The van der Waals surface area contributed by atoms with E-state index in [9.17, 15) is 13.6 Å². The van der Waals surface area contributed by atoms with Gasteiger partial charge in [-0.05, 0) is 18.2 Å². The van der Waals surface area contributed by atoms with E-state index in [0.717, 1.165) is 12.1 Å². The van der Waals surface area contributed by atoms with Gasteiger partial charge in [-0.25, -0.2) is 13.5 Å². The summed E-state index contributed by atoms with van der Waals surface area (Å²) in [5.41, 5.74) is 0.585. The average molecular weight is 208 g/mol. The Morgan fingerprint density at radius 3 is 2.67 bits per heavy atom. The zero-order valence-corrected chi connectivity index (χ0v) is 7.52. The third kappa shape index (κ3) is 1.63. The Kier molecular flexibility index (Phi) is 2.29. The van der Waals surface area contributed by atoms with Gasteiger partial charge in [-0.3, -0.25) is 4.79 Å². The fourth-order valence-corrected chi connectivity index (χ4v) is 1.24. The highest BCUT2D eigenvalue weighted by atomic mass is 19.2. The van der Waals surface area contributed by atoms with Crippen LogP contribution in [0.25, 0.3) is 5.69 Å². The molecule has 0 radical (unpaired) electrons. The summed E-state index contributed by atoms with van der Waals surface area (Å²) in [6, 6.07) is 4.79. The highest BCUT2D eigenvalue weighted by Gasteiger charge is 2.07. The van der Waals surface area contributed by atoms with Crippen LogP contribution in [0, 0.1) is 11.6 Å². The minimum Gasteiger partial charge on any atom is -0.296 e. The van der Waals surface area contributed by atoms with Crippen LogP contribution in [-0.4, -0.2) is 16.1 Å². The number of carbonyl (C=O) groups is 1. The van der Waals surface area contributed by atoms with Crippen molar-refractivity contribution in [3.05, 3.63) is 47.8 Å². The number of halogens is 2. The molecule has 3 nitrogen and oxygen atoms in total. The number of hydrogen-bond donors (Lipinski definition) is 0. The molecule has 0 aliphatic heterocycles. The highest BCUT2D eigenvalue weighted by molar-refractivity contribution is 5.73. The summed E-state index contributed by atoms with van der Waals surface area (Å²) in [6.45, 7) is 0. The van der Waals surface area contributed by atoms with Gasteiger partial charge < -0.3 is 0 Å². The largest absolute Gasteiger partial charge is 0.296 e. The Bertz CT molecular complexity index is 508. The number of benzene rings is 1. The van der Waals surface area contributed by atoms with Gasteiger partial charge in [0.25, 0.3) is 0 Å². The molecule has 0 spiro atoms. The van der Waals surface area contributed by atoms with E-state index in [1.165, 1.54) is 23.0 Å². The molecule has 2 rings (SSSR count). The van der Waals surface area contributed by atoms with E-state index in [0.29, 0.717) is 12.0 Å². The van der Waals surface area contributed by atoms with E-state index < -0.39 is 11.6 Å². The van der Waals surface area contributed by atoms with Crippen molar-refractivity contribution in [1.29, 1.82) is 0 Å². The number of carbonyl (C=O) groups excluding carboxylic acids is 1. The molecule has 0 aliphatic rings. The first-order valence-corrected chi connectivity index (χ1v) is 4.17. The molecule has 0 saturated heterocycles. The first-order chi connectivity index (χ1) is 7.22. The van der Waals surface area contributed by atoms with Gasteiger partial charge in [0.1, 0.15) is 5.69 Å². The predicted octanol–water partition coefficient (Wildman–Crippen LogP) is 1.96. The molecule has 0 fully saturated rings. The summed E-state index contributed by atoms with van der Waals surface area (Å²) in [5.74, 6) is -1.90. The molecule has 76 valence electrons. The van der Waals surface area contributed by atoms with Crippen molar-refractivity contribution in [2.24, 2.45) is 0 Å². The average Bonchev–Trinajstić information content (AvgIpc) is 2.70. The summed E-state index contributed by atoms with van der Waals surface area (Å²) in [5, 5.41) is 3.82. The number of hydrogen-bond acceptors (Lipinski definition) is 2. The maximum Gasteiger partial charge on any atom is 0.168 e. The Morgan fingerprint density at radius 2 is 2.00 bits per heavy atom. The minimum absolute atomic E-state index is 0.279. The normalized spacial score (nSPS) is 10.3. The summed E-state index contributed by atoms with van der Waals surface area (Å²) in [6.07, 6.45) is 2.00. The molecule has 2 aromatic rings. The molecular formula is C10H6F2N2O. The molecule has 0 unspecified atom stereocenters. The molecule has 0 saturated carbocycles. The van der Waals surface area contributed by atoms with Crippen LogP contribution in [0.4, 0.5) is 8.78 Å². The second-order valence-electron chi connectivity index (χ2n) is 2.88. The summed E-state index contributed by atoms with van der Waals surface area (Å²) < 4.78 is 26.8. The standard InChI is InChI=1S/C10H6F2N2O/c11-9-2-1-7(5-10(9)12)14-8(6-15)3-4-13-14/h1-6H. The summed E-state index contributed by atoms with van der Waals surface area (Å²) in [4.78, 5) is 10.6. The maximum absolute atomic E-state index is 12.9. The molecule has 0 bridgehead atoms. The SMILES string of the molecule is O=Cc1ccnn1-c1ccc(F)c(F)c1. The molecule has 0 N–H and O–H groups in total. The van der Waals surface area contributed by atoms with Crippen molar-refractivity contribution in [2.45, 2.75) is 0 Å². The van der Waals surface area contributed by atoms with E-state index in [-0.39, 0.29) is 5.69 Å². The Balaban J connectivity index is 2.54. The Labute approximate surface area is 84.0 Å². The van der Waals surface area contributed by atoms with Crippen LogP contribution in [0.15, 0.2) is 30.5 Å². The molecule has 5 heteroatoms. The van der Waals surface area contributed by atoms with E-state index in [1.54, 1.807) is 0 Å². The third-order valence-electron chi connectivity index (χ3n) is 1.94. The van der Waals surface area contributed by atoms with E-state index in [2.05, 4.69) is 5.10 Å². The van der Waals surface area contributed by atoms with Crippen LogP contribution in [0.1, 0.15) is 10.5 Å². The number of nitrogens with zero attached hydrogens (tertiary/aromatic N) is 2. The van der Waals surface area contributed by atoms with Gasteiger partial charge in [-0.2, -0.15) is 5.10 Å². The lowest BCUT2D eigenvalue weighted by atomic mass is 10.3. The van der Waals surface area contributed by atoms with Gasteiger partial charge >= 0.3 is 0 Å². The van der Waals surface area contributed by atoms with Crippen molar-refractivity contribution in [1.82, 2.24) is 9.78 Å². The van der Waals surface area contributed by atoms with Crippen molar-refractivity contribution < 1.29 is 13.6 Å². The van der Waals surface area contributed by atoms with Gasteiger partial charge in [-0.1, -0.05) is 0 Å². The van der Waals surface area contributed by atoms with Crippen molar-refractivity contribution in [3.8, 4) is 5.69 Å². The quantitative estimate of drug-likeness (QED) is 0.707. The lowest BCUT2D eigenvalue weighted by Gasteiger charge is -2.03. The van der Waals surface area contributed by atoms with E-state index in [4.69, 9.17) is 0 Å². The topological polar surface area (TPSA) is 34.9 Å². The molecule has 1 aromatic carbocycles. The van der Waals surface area contributed by atoms with Crippen molar-refractivity contribution in [3.63, 3.8) is 0 Å². The second kappa shape index (κ2) is 3.61. The number of rotatable bonds is 2. The monoisotopic (exact) mass is 208 g/mol. The third-order valence-corrected chi connectivity index (χ3v) is 1.94. The first-order valence-electron chi connectivity index (χ1n) is 4.17. The molecular weight excluding hydrogens is 202 g/mol. The van der Waals surface area contributed by atoms with Crippen LogP contribution < -0.4 is 0 Å². The smallest absolute Gasteiger partial charge is 0.168 e. The molecule has 0 amide bonds. The zero-order valence-electron chi connectivity index (χ0n) is 7.52. The number of aromatic nitrogens is 2. The van der Waals surface area contributed by atoms with Crippen LogP contribution in [0.5, 0.6) is 0 Å². The van der Waals surface area contributed by atoms with Gasteiger partial charge in [0, 0.05) is 6.07 Å². The summed E-state index contributed by atoms with van der Waals surface area (Å²) in [7, 11) is 0. The zero-order chi connectivity index (χ0) is 10.8. The second-order valence-corrected chi connectivity index (χ2v) is 2.88. The van der Waals surface area contributed by atoms with Gasteiger partial charge in [0.15, 0.2) is 17.9 Å². The fraction of sp³-hybridized carbons (Fsp3) is 0. The summed E-state index contributed by atoms with van der Waals surface area (Å²) >= 11 is 0. The first kappa shape index (κ1) is 9.51. The van der Waals surface area contributed by atoms with Crippen LogP contribution in [0.2, 0.25) is 0 Å². The lowest BCUT2D eigenvalue weighted by molar-refractivity contribution is 0.111. The van der Waals surface area contributed by atoms with Gasteiger partial charge in [0.05, 0.1) is 11.9 Å². The molecule has 0 atom stereocenters. The van der Waals surface area contributed by atoms with Crippen LogP contribution >= 0.6 is 0 Å². The highest BCUT2D eigenvalue weighted by Crippen LogP contribution is 2.13. The number of aldehydes is 1. The molecule has 1 heterocycles. The van der Waals surface area contributed by atoms with Gasteiger partial charge in [0.2, 0.25) is 0 Å². The molecule has 1 aromatic heterocycles. The predicted molar refractivity (Wildman–Crippen MR) is 48.9 cm³/mol. The van der Waals surface area contributed by atoms with Crippen molar-refractivity contribution >= 4 is 6.29 Å². The fourth-order valence-electron chi connectivity index (χ4n) is 1.24. The lowest BCUT2D eigenvalue weighted by Crippen LogP contribution is -2.02. The Morgan fingerprint density at radius 1 is 1.20 bits per heavy atom. The van der Waals surface area contributed by atoms with Crippen LogP contribution in [-0.2, 0) is 0 Å². The minimum atomic E-state index is -0.972. The van der Waals surface area contributed by atoms with Crippen molar-refractivity contribution in [2.75, 3.05) is 0 Å². The van der Waals surface area contributed by atoms with Crippen LogP contribution in [0.3, 0.4) is 0 Å². The molecule has 0 aliphatic carbocycles. The van der Waals surface area contributed by atoms with Gasteiger partial charge in [-0.15, -0.1) is 0 Å². The Hall–Kier alpha value is -2.04. The maximum atomic E-state index is 12.9. The van der Waals surface area contributed by atoms with E-state index >= 15 is 0 Å².